The van der Waals surface area contributed by atoms with Crippen LogP contribution in [0.3, 0.4) is 0 Å². The number of thiophene rings is 1. The molecule has 2 aromatic carbocycles. The van der Waals surface area contributed by atoms with Gasteiger partial charge in [0.1, 0.15) is 0 Å². The summed E-state index contributed by atoms with van der Waals surface area (Å²) in [6.07, 6.45) is 12.4. The molecule has 0 nitrogen and oxygen atoms in total. The van der Waals surface area contributed by atoms with E-state index >= 15 is 0 Å². The Morgan fingerprint density at radius 3 is 2.50 bits per heavy atom. The first kappa shape index (κ1) is 12.9. The van der Waals surface area contributed by atoms with Gasteiger partial charge in [0.05, 0.1) is 0 Å². The van der Waals surface area contributed by atoms with Crippen molar-refractivity contribution in [3.63, 3.8) is 0 Å². The summed E-state index contributed by atoms with van der Waals surface area (Å²) in [5, 5.41) is 2.71. The van der Waals surface area contributed by atoms with Gasteiger partial charge in [-0.3, -0.25) is 0 Å². The van der Waals surface area contributed by atoms with Crippen LogP contribution in [0.4, 0.5) is 0 Å². The van der Waals surface area contributed by atoms with Gasteiger partial charge in [-0.1, -0.05) is 60.7 Å². The van der Waals surface area contributed by atoms with Gasteiger partial charge in [0.25, 0.3) is 0 Å². The van der Waals surface area contributed by atoms with E-state index in [2.05, 4.69) is 60.7 Å². The van der Waals surface area contributed by atoms with Crippen molar-refractivity contribution in [1.29, 1.82) is 0 Å². The Kier molecular flexibility index (Phi) is 3.80. The Morgan fingerprint density at radius 1 is 0.800 bits per heavy atom. The van der Waals surface area contributed by atoms with Crippen LogP contribution in [0.15, 0.2) is 72.8 Å². The smallest absolute Gasteiger partial charge is 0.0355 e. The number of hydrogen-bond acceptors (Lipinski definition) is 1. The fourth-order valence-corrected chi connectivity index (χ4v) is 3.34. The fourth-order valence-electron chi connectivity index (χ4n) is 2.25. The van der Waals surface area contributed by atoms with Gasteiger partial charge in [-0.2, -0.15) is 0 Å². The molecule has 0 spiro atoms. The van der Waals surface area contributed by atoms with Crippen molar-refractivity contribution in [3.8, 4) is 0 Å². The molecule has 0 atom stereocenters. The molecule has 98 valence electrons. The summed E-state index contributed by atoms with van der Waals surface area (Å²) in [6.45, 7) is 2.02. The van der Waals surface area contributed by atoms with E-state index in [4.69, 9.17) is 0 Å². The molecule has 0 N–H and O–H groups in total. The van der Waals surface area contributed by atoms with Gasteiger partial charge in [0.15, 0.2) is 0 Å². The van der Waals surface area contributed by atoms with E-state index in [0.29, 0.717) is 0 Å². The van der Waals surface area contributed by atoms with E-state index in [1.54, 1.807) is 0 Å². The van der Waals surface area contributed by atoms with Crippen LogP contribution in [-0.4, -0.2) is 0 Å². The topological polar surface area (TPSA) is 0 Å². The van der Waals surface area contributed by atoms with Crippen LogP contribution < -0.4 is 0 Å². The van der Waals surface area contributed by atoms with Gasteiger partial charge in [0, 0.05) is 20.2 Å². The van der Waals surface area contributed by atoms with Gasteiger partial charge in [-0.15, -0.1) is 11.3 Å². The molecule has 3 rings (SSSR count). The standard InChI is InChI=1S/C19H16S/c1-2-3-4-5-6-9-15-12-13-19-17(14-15)16-10-7-8-11-18(16)20-19/h2-14H,1H3/b3-2+,5-4-,9-6-. The van der Waals surface area contributed by atoms with Gasteiger partial charge >= 0.3 is 0 Å². The molecule has 0 saturated heterocycles. The maximum Gasteiger partial charge on any atom is 0.0355 e. The zero-order chi connectivity index (χ0) is 13.8. The van der Waals surface area contributed by atoms with Gasteiger partial charge in [0.2, 0.25) is 0 Å². The van der Waals surface area contributed by atoms with Crippen LogP contribution >= 0.6 is 11.3 Å². The predicted octanol–water partition coefficient (Wildman–Crippen LogP) is 6.20. The van der Waals surface area contributed by atoms with Gasteiger partial charge in [-0.25, -0.2) is 0 Å². The number of hydrogen-bond donors (Lipinski definition) is 0. The van der Waals surface area contributed by atoms with Crippen LogP contribution in [0.5, 0.6) is 0 Å². The third-order valence-electron chi connectivity index (χ3n) is 3.22. The van der Waals surface area contributed by atoms with Crippen molar-refractivity contribution in [2.45, 2.75) is 6.92 Å². The summed E-state index contributed by atoms with van der Waals surface area (Å²) in [7, 11) is 0. The zero-order valence-corrected chi connectivity index (χ0v) is 12.2. The fraction of sp³-hybridized carbons (Fsp3) is 0.0526. The molecule has 1 heteroatoms. The highest BCUT2D eigenvalue weighted by Gasteiger charge is 2.03. The summed E-state index contributed by atoms with van der Waals surface area (Å²) in [5.41, 5.74) is 1.24. The van der Waals surface area contributed by atoms with Gasteiger partial charge in [-0.05, 0) is 30.7 Å². The molecule has 0 fully saturated rings. The highest BCUT2D eigenvalue weighted by Crippen LogP contribution is 2.34. The highest BCUT2D eigenvalue weighted by molar-refractivity contribution is 7.25. The lowest BCUT2D eigenvalue weighted by Gasteiger charge is -1.95. The maximum atomic E-state index is 2.27. The number of rotatable bonds is 3. The predicted molar refractivity (Wildman–Crippen MR) is 92.3 cm³/mol. The van der Waals surface area contributed by atoms with Crippen molar-refractivity contribution in [2.24, 2.45) is 0 Å². The van der Waals surface area contributed by atoms with Crippen molar-refractivity contribution >= 4 is 37.6 Å². The molecule has 0 aliphatic rings. The molecule has 0 saturated carbocycles. The molecule has 0 aliphatic heterocycles. The SMILES string of the molecule is C/C=C/C=C\C=C/c1ccc2sc3ccccc3c2c1. The van der Waals surface area contributed by atoms with E-state index in [1.807, 2.05) is 36.5 Å². The average molecular weight is 276 g/mol. The third kappa shape index (κ3) is 2.59. The minimum Gasteiger partial charge on any atom is -0.135 e. The summed E-state index contributed by atoms with van der Waals surface area (Å²) in [5.74, 6) is 0. The average Bonchev–Trinajstić information content (AvgIpc) is 2.85. The molecule has 1 heterocycles. The molecular formula is C19H16S. The van der Waals surface area contributed by atoms with Crippen molar-refractivity contribution < 1.29 is 0 Å². The molecule has 0 unspecified atom stereocenters. The molecule has 3 aromatic rings. The number of fused-ring (bicyclic) bond motifs is 3. The molecule has 1 aromatic heterocycles. The van der Waals surface area contributed by atoms with Crippen molar-refractivity contribution in [1.82, 2.24) is 0 Å². The second kappa shape index (κ2) is 5.89. The number of benzene rings is 2. The summed E-state index contributed by atoms with van der Waals surface area (Å²) < 4.78 is 2.71. The zero-order valence-electron chi connectivity index (χ0n) is 11.4. The lowest BCUT2D eigenvalue weighted by Crippen LogP contribution is -1.71. The second-order valence-electron chi connectivity index (χ2n) is 4.62. The lowest BCUT2D eigenvalue weighted by atomic mass is 10.1. The van der Waals surface area contributed by atoms with E-state index in [-0.39, 0.29) is 0 Å². The number of allylic oxidation sites excluding steroid dienone is 5. The monoisotopic (exact) mass is 276 g/mol. The quantitative estimate of drug-likeness (QED) is 0.499. The largest absolute Gasteiger partial charge is 0.135 e. The normalized spacial score (nSPS) is 12.7. The molecule has 20 heavy (non-hydrogen) atoms. The van der Waals surface area contributed by atoms with E-state index in [1.165, 1.54) is 25.7 Å². The Hall–Kier alpha value is -2.12. The van der Waals surface area contributed by atoms with Gasteiger partial charge < -0.3 is 0 Å². The van der Waals surface area contributed by atoms with Crippen LogP contribution in [0.1, 0.15) is 12.5 Å². The highest BCUT2D eigenvalue weighted by atomic mass is 32.1. The van der Waals surface area contributed by atoms with Crippen molar-refractivity contribution in [2.75, 3.05) is 0 Å². The van der Waals surface area contributed by atoms with Crippen LogP contribution in [0.2, 0.25) is 0 Å². The maximum absolute atomic E-state index is 2.27. The third-order valence-corrected chi connectivity index (χ3v) is 4.37. The first-order valence-electron chi connectivity index (χ1n) is 6.76. The molecule has 0 aliphatic carbocycles. The van der Waals surface area contributed by atoms with E-state index in [0.717, 1.165) is 0 Å². The second-order valence-corrected chi connectivity index (χ2v) is 5.71. The minimum absolute atomic E-state index is 1.24. The lowest BCUT2D eigenvalue weighted by molar-refractivity contribution is 1.73. The Balaban J connectivity index is 1.99. The van der Waals surface area contributed by atoms with E-state index < -0.39 is 0 Å². The summed E-state index contributed by atoms with van der Waals surface area (Å²) >= 11 is 1.86. The Labute approximate surface area is 123 Å². The van der Waals surface area contributed by atoms with E-state index in [9.17, 15) is 0 Å². The van der Waals surface area contributed by atoms with Crippen LogP contribution in [-0.2, 0) is 0 Å². The molecule has 0 amide bonds. The van der Waals surface area contributed by atoms with Crippen LogP contribution in [0, 0.1) is 0 Å². The molecule has 0 radical (unpaired) electrons. The van der Waals surface area contributed by atoms with Crippen molar-refractivity contribution in [3.05, 3.63) is 78.4 Å². The first-order valence-corrected chi connectivity index (χ1v) is 7.57. The first-order chi connectivity index (χ1) is 9.88. The molecule has 0 bridgehead atoms. The molecular weight excluding hydrogens is 260 g/mol. The summed E-state index contributed by atoms with van der Waals surface area (Å²) in [4.78, 5) is 0. The summed E-state index contributed by atoms with van der Waals surface area (Å²) in [6, 6.07) is 15.3. The van der Waals surface area contributed by atoms with Crippen LogP contribution in [0.25, 0.3) is 26.2 Å². The Morgan fingerprint density at radius 2 is 1.60 bits per heavy atom. The Bertz CT molecular complexity index is 816. The minimum atomic E-state index is 1.24.